The topological polar surface area (TPSA) is 103 Å². The molecule has 0 atom stereocenters. The zero-order chi connectivity index (χ0) is 32.1. The lowest BCUT2D eigenvalue weighted by Crippen LogP contribution is -2.41. The fourth-order valence-electron chi connectivity index (χ4n) is 4.50. The second-order valence-corrected chi connectivity index (χ2v) is 17.2. The highest BCUT2D eigenvalue weighted by Gasteiger charge is 2.37. The van der Waals surface area contributed by atoms with Crippen molar-refractivity contribution in [1.82, 2.24) is 9.88 Å². The molecule has 2 heterocycles. The molecular formula is C33H43BN2O7Si. The highest BCUT2D eigenvalue weighted by molar-refractivity contribution is 6.74. The van der Waals surface area contributed by atoms with Gasteiger partial charge in [-0.3, -0.25) is 0 Å². The van der Waals surface area contributed by atoms with E-state index in [1.165, 1.54) is 17.3 Å². The number of hydrogen-bond acceptors (Lipinski definition) is 9. The minimum atomic E-state index is -1.81. The van der Waals surface area contributed by atoms with E-state index >= 15 is 0 Å². The van der Waals surface area contributed by atoms with Crippen molar-refractivity contribution in [3.8, 4) is 22.8 Å². The first-order chi connectivity index (χ1) is 20.7. The van der Waals surface area contributed by atoms with Gasteiger partial charge in [-0.2, -0.15) is 0 Å². The van der Waals surface area contributed by atoms with Gasteiger partial charge in [0, 0.05) is 29.8 Å². The van der Waals surface area contributed by atoms with Crippen LogP contribution in [0.5, 0.6) is 11.6 Å². The lowest BCUT2D eigenvalue weighted by Gasteiger charge is -2.36. The maximum absolute atomic E-state index is 9.98. The maximum Gasteiger partial charge on any atom is 0.636 e. The van der Waals surface area contributed by atoms with Gasteiger partial charge >= 0.3 is 7.12 Å². The van der Waals surface area contributed by atoms with Crippen molar-refractivity contribution in [2.45, 2.75) is 59.4 Å². The number of rotatable bonds is 10. The summed E-state index contributed by atoms with van der Waals surface area (Å²) in [5, 5.41) is 20.1. The van der Waals surface area contributed by atoms with Gasteiger partial charge in [-0.25, -0.2) is 4.98 Å². The average Bonchev–Trinajstić information content (AvgIpc) is 2.92. The quantitative estimate of drug-likeness (QED) is 0.189. The van der Waals surface area contributed by atoms with Crippen LogP contribution >= 0.6 is 0 Å². The third kappa shape index (κ3) is 8.51. The first kappa shape index (κ1) is 32.8. The molecule has 0 saturated carbocycles. The molecule has 4 rings (SSSR count). The predicted octanol–water partition coefficient (Wildman–Crippen LogP) is 6.73. The second-order valence-electron chi connectivity index (χ2n) is 12.4. The molecule has 0 unspecified atom stereocenters. The van der Waals surface area contributed by atoms with E-state index in [9.17, 15) is 10.2 Å². The zero-order valence-corrected chi connectivity index (χ0v) is 27.9. The number of benzene rings is 2. The number of aliphatic hydroxyl groups excluding tert-OH is 2. The summed E-state index contributed by atoms with van der Waals surface area (Å²) < 4.78 is 29.1. The third-order valence-electron chi connectivity index (χ3n) is 7.83. The van der Waals surface area contributed by atoms with Crippen LogP contribution < -0.4 is 14.9 Å². The van der Waals surface area contributed by atoms with E-state index in [0.29, 0.717) is 36.9 Å². The zero-order valence-electron chi connectivity index (χ0n) is 26.9. The Balaban J connectivity index is 1.37. The molecular weight excluding hydrogens is 575 g/mol. The van der Waals surface area contributed by atoms with Gasteiger partial charge in [0.1, 0.15) is 19.0 Å². The van der Waals surface area contributed by atoms with Gasteiger partial charge in [0.15, 0.2) is 8.32 Å². The molecule has 1 aliphatic rings. The summed E-state index contributed by atoms with van der Waals surface area (Å²) in [4.78, 5) is 6.15. The first-order valence-electron chi connectivity index (χ1n) is 14.7. The summed E-state index contributed by atoms with van der Waals surface area (Å²) in [5.41, 5.74) is 5.71. The number of pyridine rings is 1. The fourth-order valence-corrected chi connectivity index (χ4v) is 5.52. The normalized spacial score (nSPS) is 15.3. The number of ether oxygens (including phenoxy) is 2. The SMILES string of the molecule is Cc1cc(OCCO[Si](C)(C)C(C)(C)C)nc(C)c1-c1cccc(COc2ccc(B3OC(O)=CN(C)/C=C(/O)O3)cc2)c1. The Kier molecular flexibility index (Phi) is 10.2. The fraction of sp³-hybridized carbons (Fsp3) is 0.364. The van der Waals surface area contributed by atoms with E-state index in [1.807, 2.05) is 25.1 Å². The Morgan fingerprint density at radius 3 is 2.18 bits per heavy atom. The molecule has 0 aliphatic carbocycles. The van der Waals surface area contributed by atoms with Crippen molar-refractivity contribution in [1.29, 1.82) is 0 Å². The summed E-state index contributed by atoms with van der Waals surface area (Å²) in [6.45, 7) is 16.6. The van der Waals surface area contributed by atoms with E-state index in [-0.39, 0.29) is 16.9 Å². The van der Waals surface area contributed by atoms with Gasteiger partial charge in [0.05, 0.1) is 19.0 Å². The number of nitrogens with zero attached hydrogens (tertiary/aromatic N) is 2. The Bertz CT molecular complexity index is 1460. The van der Waals surface area contributed by atoms with Gasteiger partial charge in [-0.15, -0.1) is 0 Å². The van der Waals surface area contributed by atoms with Gasteiger partial charge < -0.3 is 38.3 Å². The molecule has 0 radical (unpaired) electrons. The van der Waals surface area contributed by atoms with E-state index < -0.39 is 15.4 Å². The van der Waals surface area contributed by atoms with Crippen molar-refractivity contribution in [2.75, 3.05) is 20.3 Å². The first-order valence-corrected chi connectivity index (χ1v) is 17.6. The Morgan fingerprint density at radius 2 is 1.57 bits per heavy atom. The van der Waals surface area contributed by atoms with Gasteiger partial charge in [0.2, 0.25) is 5.88 Å². The van der Waals surface area contributed by atoms with E-state index in [4.69, 9.17) is 28.2 Å². The lowest BCUT2D eigenvalue weighted by molar-refractivity contribution is 0.124. The second kappa shape index (κ2) is 13.7. The monoisotopic (exact) mass is 618 g/mol. The number of aliphatic hydroxyl groups is 2. The minimum Gasteiger partial charge on any atom is -0.494 e. The summed E-state index contributed by atoms with van der Waals surface area (Å²) >= 11 is 0. The molecule has 2 N–H and O–H groups in total. The Labute approximate surface area is 262 Å². The molecule has 44 heavy (non-hydrogen) atoms. The van der Waals surface area contributed by atoms with Crippen molar-refractivity contribution in [2.24, 2.45) is 0 Å². The molecule has 11 heteroatoms. The maximum atomic E-state index is 9.98. The number of aromatic nitrogens is 1. The minimum absolute atomic E-state index is 0.161. The largest absolute Gasteiger partial charge is 0.636 e. The Morgan fingerprint density at radius 1 is 0.909 bits per heavy atom. The van der Waals surface area contributed by atoms with Gasteiger partial charge in [-0.1, -0.05) is 51.1 Å². The van der Waals surface area contributed by atoms with Crippen LogP contribution in [0.3, 0.4) is 0 Å². The molecule has 1 aromatic heterocycles. The number of aryl methyl sites for hydroxylation is 2. The molecule has 1 aliphatic heterocycles. The van der Waals surface area contributed by atoms with E-state index in [0.717, 1.165) is 27.9 Å². The smallest absolute Gasteiger partial charge is 0.494 e. The molecule has 234 valence electrons. The number of hydrogen-bond donors (Lipinski definition) is 2. The van der Waals surface area contributed by atoms with Crippen LogP contribution in [0.15, 0.2) is 78.9 Å². The van der Waals surface area contributed by atoms with Crippen LogP contribution in [0.2, 0.25) is 18.1 Å². The van der Waals surface area contributed by atoms with Crippen molar-refractivity contribution < 1.29 is 33.4 Å². The van der Waals surface area contributed by atoms with Crippen LogP contribution in [0.4, 0.5) is 0 Å². The molecule has 9 nitrogen and oxygen atoms in total. The third-order valence-corrected chi connectivity index (χ3v) is 12.4. The molecule has 0 fully saturated rings. The standard InChI is InChI=1S/C33H43BN2O7Si/c1-23-18-29(39-16-17-41-44(7,8)33(3,4)5)35-24(2)32(23)26-11-9-10-25(19-26)22-40-28-14-12-27(13-15-28)34-42-30(37)20-36(6)21-31(38)43-34/h9-15,18-21,37-38H,16-17,22H2,1-8H3/b30-20-,31-21?. The van der Waals surface area contributed by atoms with Crippen LogP contribution in [0.1, 0.15) is 37.6 Å². The van der Waals surface area contributed by atoms with Crippen molar-refractivity contribution in [3.63, 3.8) is 0 Å². The molecule has 0 amide bonds. The molecule has 3 aromatic rings. The van der Waals surface area contributed by atoms with Gasteiger partial charge in [0.25, 0.3) is 11.9 Å². The van der Waals surface area contributed by atoms with Gasteiger partial charge in [-0.05, 0) is 66.9 Å². The van der Waals surface area contributed by atoms with Crippen LogP contribution in [-0.4, -0.2) is 55.8 Å². The van der Waals surface area contributed by atoms with Crippen molar-refractivity contribution >= 4 is 20.9 Å². The predicted molar refractivity (Wildman–Crippen MR) is 175 cm³/mol. The molecule has 0 spiro atoms. The summed E-state index contributed by atoms with van der Waals surface area (Å²) in [7, 11) is -1.21. The van der Waals surface area contributed by atoms with Crippen molar-refractivity contribution in [3.05, 3.63) is 95.7 Å². The summed E-state index contributed by atoms with van der Waals surface area (Å²) in [5.74, 6) is 0.579. The summed E-state index contributed by atoms with van der Waals surface area (Å²) in [6, 6.07) is 17.3. The van der Waals surface area contributed by atoms with E-state index in [1.54, 1.807) is 31.3 Å². The molecule has 0 saturated heterocycles. The highest BCUT2D eigenvalue weighted by atomic mass is 28.4. The Hall–Kier alpha value is -4.09. The summed E-state index contributed by atoms with van der Waals surface area (Å²) in [6.07, 6.45) is 2.65. The van der Waals surface area contributed by atoms with Crippen LogP contribution in [0, 0.1) is 13.8 Å². The highest BCUT2D eigenvalue weighted by Crippen LogP contribution is 2.36. The van der Waals surface area contributed by atoms with Crippen LogP contribution in [0.25, 0.3) is 11.1 Å². The van der Waals surface area contributed by atoms with E-state index in [2.05, 4.69) is 52.9 Å². The lowest BCUT2D eigenvalue weighted by atomic mass is 9.79. The molecule has 2 aromatic carbocycles. The molecule has 0 bridgehead atoms. The van der Waals surface area contributed by atoms with Crippen LogP contribution in [-0.2, 0) is 20.3 Å². The average molecular weight is 619 g/mol.